The zero-order valence-electron chi connectivity index (χ0n) is 19.4. The molecule has 0 saturated heterocycles. The molecule has 0 atom stereocenters. The topological polar surface area (TPSA) is 127 Å². The monoisotopic (exact) mass is 488 g/mol. The van der Waals surface area contributed by atoms with Crippen LogP contribution in [0, 0.1) is 6.92 Å². The van der Waals surface area contributed by atoms with Gasteiger partial charge in [0.2, 0.25) is 6.79 Å². The average Bonchev–Trinajstić information content (AvgIpc) is 3.35. The Hall–Kier alpha value is -4.86. The number of nitrogens with one attached hydrogen (secondary N) is 3. The van der Waals surface area contributed by atoms with Crippen molar-refractivity contribution in [1.29, 1.82) is 0 Å². The molecule has 0 spiro atoms. The van der Waals surface area contributed by atoms with Crippen LogP contribution < -0.4 is 30.3 Å². The molecule has 0 aliphatic carbocycles. The first-order valence-corrected chi connectivity index (χ1v) is 11.1. The Morgan fingerprint density at radius 3 is 2.61 bits per heavy atom. The smallest absolute Gasteiger partial charge is 0.329 e. The molecule has 3 aromatic rings. The Morgan fingerprint density at radius 2 is 1.78 bits per heavy atom. The number of anilines is 1. The number of amides is 3. The molecule has 0 aromatic heterocycles. The van der Waals surface area contributed by atoms with Crippen LogP contribution in [0.1, 0.15) is 16.7 Å². The van der Waals surface area contributed by atoms with Gasteiger partial charge in [-0.3, -0.25) is 14.4 Å². The zero-order chi connectivity index (χ0) is 25.3. The summed E-state index contributed by atoms with van der Waals surface area (Å²) < 4.78 is 16.1. The largest absolute Gasteiger partial charge is 0.484 e. The van der Waals surface area contributed by atoms with E-state index >= 15 is 0 Å². The number of rotatable bonds is 8. The van der Waals surface area contributed by atoms with Gasteiger partial charge in [0.05, 0.1) is 6.21 Å². The summed E-state index contributed by atoms with van der Waals surface area (Å²) in [6.07, 6.45) is 1.36. The van der Waals surface area contributed by atoms with E-state index in [1.807, 2.05) is 31.2 Å². The molecule has 1 aliphatic heterocycles. The van der Waals surface area contributed by atoms with Gasteiger partial charge in [0.25, 0.3) is 5.91 Å². The molecule has 0 bridgehead atoms. The van der Waals surface area contributed by atoms with E-state index < -0.39 is 11.8 Å². The third kappa shape index (κ3) is 6.83. The predicted octanol–water partition coefficient (Wildman–Crippen LogP) is 2.51. The number of carbonyl (C=O) groups is 3. The average molecular weight is 489 g/mol. The highest BCUT2D eigenvalue weighted by Crippen LogP contribution is 2.32. The van der Waals surface area contributed by atoms with Crippen LogP contribution in [-0.2, 0) is 20.9 Å². The first-order valence-electron chi connectivity index (χ1n) is 11.1. The maximum Gasteiger partial charge on any atom is 0.329 e. The van der Waals surface area contributed by atoms with E-state index in [1.165, 1.54) is 6.21 Å². The van der Waals surface area contributed by atoms with Crippen molar-refractivity contribution in [2.75, 3.05) is 18.7 Å². The minimum atomic E-state index is -0.910. The number of fused-ring (bicyclic) bond motifs is 1. The summed E-state index contributed by atoms with van der Waals surface area (Å²) in [5.41, 5.74) is 5.32. The van der Waals surface area contributed by atoms with Crippen molar-refractivity contribution in [3.8, 4) is 17.2 Å². The van der Waals surface area contributed by atoms with Crippen LogP contribution in [0.2, 0.25) is 0 Å². The molecule has 36 heavy (non-hydrogen) atoms. The molecule has 184 valence electrons. The van der Waals surface area contributed by atoms with E-state index in [4.69, 9.17) is 14.2 Å². The summed E-state index contributed by atoms with van der Waals surface area (Å²) in [6.45, 7) is 2.09. The van der Waals surface area contributed by atoms with Gasteiger partial charge in [-0.1, -0.05) is 35.9 Å². The molecule has 0 radical (unpaired) electrons. The van der Waals surface area contributed by atoms with Crippen LogP contribution in [0.25, 0.3) is 0 Å². The van der Waals surface area contributed by atoms with E-state index in [0.29, 0.717) is 28.5 Å². The number of hydrogen-bond donors (Lipinski definition) is 3. The van der Waals surface area contributed by atoms with Crippen molar-refractivity contribution in [3.63, 3.8) is 0 Å². The third-order valence-electron chi connectivity index (χ3n) is 5.04. The molecule has 10 nitrogen and oxygen atoms in total. The maximum absolute atomic E-state index is 12.1. The second kappa shape index (κ2) is 11.5. The summed E-state index contributed by atoms with van der Waals surface area (Å²) in [5.74, 6) is -0.359. The molecular weight excluding hydrogens is 464 g/mol. The lowest BCUT2D eigenvalue weighted by molar-refractivity contribution is -0.139. The highest BCUT2D eigenvalue weighted by atomic mass is 16.7. The van der Waals surface area contributed by atoms with Gasteiger partial charge >= 0.3 is 11.8 Å². The second-order valence-corrected chi connectivity index (χ2v) is 7.84. The number of aryl methyl sites for hydroxylation is 1. The Labute approximate surface area is 207 Å². The van der Waals surface area contributed by atoms with Gasteiger partial charge in [-0.05, 0) is 54.4 Å². The van der Waals surface area contributed by atoms with Crippen LogP contribution in [0.5, 0.6) is 17.2 Å². The normalized spacial score (nSPS) is 11.7. The number of benzene rings is 3. The summed E-state index contributed by atoms with van der Waals surface area (Å²) in [5, 5.41) is 9.08. The third-order valence-corrected chi connectivity index (χ3v) is 5.04. The summed E-state index contributed by atoms with van der Waals surface area (Å²) in [6, 6.07) is 19.5. The fourth-order valence-corrected chi connectivity index (χ4v) is 3.20. The van der Waals surface area contributed by atoms with Crippen molar-refractivity contribution < 1.29 is 28.6 Å². The first kappa shape index (κ1) is 24.3. The molecule has 0 saturated carbocycles. The van der Waals surface area contributed by atoms with Crippen molar-refractivity contribution in [2.45, 2.75) is 13.5 Å². The number of nitrogens with zero attached hydrogens (tertiary/aromatic N) is 1. The van der Waals surface area contributed by atoms with Gasteiger partial charge in [-0.2, -0.15) is 5.10 Å². The summed E-state index contributed by atoms with van der Waals surface area (Å²) >= 11 is 0. The fraction of sp³-hybridized carbons (Fsp3) is 0.154. The van der Waals surface area contributed by atoms with Gasteiger partial charge in [-0.25, -0.2) is 5.43 Å². The van der Waals surface area contributed by atoms with E-state index in [-0.39, 0.29) is 25.9 Å². The van der Waals surface area contributed by atoms with E-state index in [9.17, 15) is 14.4 Å². The minimum Gasteiger partial charge on any atom is -0.484 e. The molecule has 0 fully saturated rings. The van der Waals surface area contributed by atoms with Crippen molar-refractivity contribution in [2.24, 2.45) is 5.10 Å². The molecule has 3 N–H and O–H groups in total. The van der Waals surface area contributed by atoms with Gasteiger partial charge in [-0.15, -0.1) is 0 Å². The fourth-order valence-electron chi connectivity index (χ4n) is 3.20. The van der Waals surface area contributed by atoms with Gasteiger partial charge in [0.15, 0.2) is 18.1 Å². The summed E-state index contributed by atoms with van der Waals surface area (Å²) in [7, 11) is 0. The molecule has 4 rings (SSSR count). The lowest BCUT2D eigenvalue weighted by Gasteiger charge is -2.08. The predicted molar refractivity (Wildman–Crippen MR) is 132 cm³/mol. The lowest BCUT2D eigenvalue weighted by atomic mass is 10.2. The van der Waals surface area contributed by atoms with Crippen molar-refractivity contribution >= 4 is 29.6 Å². The zero-order valence-corrected chi connectivity index (χ0v) is 19.4. The maximum atomic E-state index is 12.1. The van der Waals surface area contributed by atoms with Crippen LogP contribution in [-0.4, -0.2) is 37.3 Å². The molecule has 10 heteroatoms. The first-order chi connectivity index (χ1) is 17.5. The lowest BCUT2D eigenvalue weighted by Crippen LogP contribution is -2.37. The van der Waals surface area contributed by atoms with Gasteiger partial charge in [0, 0.05) is 12.2 Å². The highest BCUT2D eigenvalue weighted by Gasteiger charge is 2.15. The Bertz CT molecular complexity index is 1290. The Balaban J connectivity index is 1.21. The van der Waals surface area contributed by atoms with E-state index in [0.717, 1.165) is 11.1 Å². The molecule has 1 heterocycles. The minimum absolute atomic E-state index is 0.142. The quantitative estimate of drug-likeness (QED) is 0.254. The van der Waals surface area contributed by atoms with Crippen molar-refractivity contribution in [1.82, 2.24) is 10.7 Å². The van der Waals surface area contributed by atoms with E-state index in [1.54, 1.807) is 42.5 Å². The Morgan fingerprint density at radius 1 is 0.972 bits per heavy atom. The molecule has 3 aromatic carbocycles. The molecule has 3 amide bonds. The standard InChI is InChI=1S/C26H24N4O6/c1-17-5-8-20(9-6-17)29-24(31)15-34-21-4-2-3-18(11-21)14-28-30-26(33)25(32)27-13-19-7-10-22-23(12-19)36-16-35-22/h2-12,14H,13,15-16H2,1H3,(H,27,32)(H,29,31)(H,30,33)/b28-14-. The summed E-state index contributed by atoms with van der Waals surface area (Å²) in [4.78, 5) is 36.1. The van der Waals surface area contributed by atoms with E-state index in [2.05, 4.69) is 21.2 Å². The van der Waals surface area contributed by atoms with Gasteiger partial charge < -0.3 is 24.8 Å². The second-order valence-electron chi connectivity index (χ2n) is 7.84. The molecule has 1 aliphatic rings. The van der Waals surface area contributed by atoms with Crippen LogP contribution in [0.15, 0.2) is 71.8 Å². The Kier molecular flexibility index (Phi) is 7.76. The highest BCUT2D eigenvalue weighted by molar-refractivity contribution is 6.35. The number of hydrazone groups is 1. The van der Waals surface area contributed by atoms with Crippen LogP contribution >= 0.6 is 0 Å². The SMILES string of the molecule is Cc1ccc(NC(=O)COc2cccc(/C=N\NC(=O)C(=O)NCc3ccc4c(c3)OCO4)c2)cc1. The van der Waals surface area contributed by atoms with Crippen LogP contribution in [0.4, 0.5) is 5.69 Å². The number of ether oxygens (including phenoxy) is 3. The molecular formula is C26H24N4O6. The number of hydrogen-bond acceptors (Lipinski definition) is 7. The van der Waals surface area contributed by atoms with Crippen LogP contribution in [0.3, 0.4) is 0 Å². The van der Waals surface area contributed by atoms with Gasteiger partial charge in [0.1, 0.15) is 5.75 Å². The number of carbonyl (C=O) groups excluding carboxylic acids is 3. The molecule has 0 unspecified atom stereocenters. The van der Waals surface area contributed by atoms with Crippen molar-refractivity contribution in [3.05, 3.63) is 83.4 Å².